The molecule has 2 aliphatic rings. The number of hydrogen-bond donors (Lipinski definition) is 1. The number of likely N-dealkylation sites (tertiary alicyclic amines) is 1. The van der Waals surface area contributed by atoms with Crippen molar-refractivity contribution in [3.8, 4) is 0 Å². The van der Waals surface area contributed by atoms with Crippen LogP contribution >= 0.6 is 0 Å². The molecule has 0 bridgehead atoms. The van der Waals surface area contributed by atoms with Gasteiger partial charge in [-0.15, -0.1) is 0 Å². The third kappa shape index (κ3) is 2.82. The molecule has 2 rings (SSSR count). The molecule has 4 atom stereocenters. The van der Waals surface area contributed by atoms with Gasteiger partial charge in [-0.05, 0) is 51.9 Å². The largest absolute Gasteiger partial charge is 0.338 e. The van der Waals surface area contributed by atoms with Crippen LogP contribution in [0.15, 0.2) is 0 Å². The van der Waals surface area contributed by atoms with Crippen LogP contribution in [0, 0.1) is 5.92 Å². The zero-order valence-electron chi connectivity index (χ0n) is 11.4. The molecule has 0 aromatic rings. The molecule has 1 amide bonds. The average molecular weight is 238 g/mol. The van der Waals surface area contributed by atoms with Crippen LogP contribution in [-0.2, 0) is 4.79 Å². The van der Waals surface area contributed by atoms with Gasteiger partial charge < -0.3 is 10.2 Å². The second-order valence-corrected chi connectivity index (χ2v) is 5.94. The van der Waals surface area contributed by atoms with E-state index in [9.17, 15) is 4.79 Å². The topological polar surface area (TPSA) is 32.3 Å². The van der Waals surface area contributed by atoms with E-state index in [0.717, 1.165) is 13.0 Å². The molecule has 2 saturated heterocycles. The molecule has 3 heteroatoms. The van der Waals surface area contributed by atoms with Crippen molar-refractivity contribution >= 4 is 5.91 Å². The Morgan fingerprint density at radius 2 is 1.88 bits per heavy atom. The van der Waals surface area contributed by atoms with E-state index < -0.39 is 0 Å². The standard InChI is InChI=1S/C14H26N2O/c1-10-6-5-9-16(12(10)3)14(17)13-8-4-7-11(2)15-13/h10-13,15H,4-9H2,1-3H3. The van der Waals surface area contributed by atoms with E-state index in [1.54, 1.807) is 0 Å². The van der Waals surface area contributed by atoms with Crippen molar-refractivity contribution in [3.05, 3.63) is 0 Å². The molecular formula is C14H26N2O. The number of amides is 1. The number of nitrogens with zero attached hydrogens (tertiary/aromatic N) is 1. The summed E-state index contributed by atoms with van der Waals surface area (Å²) in [5, 5.41) is 3.46. The lowest BCUT2D eigenvalue weighted by atomic mass is 9.90. The van der Waals surface area contributed by atoms with Gasteiger partial charge >= 0.3 is 0 Å². The number of hydrogen-bond acceptors (Lipinski definition) is 2. The maximum Gasteiger partial charge on any atom is 0.239 e. The van der Waals surface area contributed by atoms with E-state index in [1.165, 1.54) is 25.7 Å². The smallest absolute Gasteiger partial charge is 0.239 e. The number of piperidine rings is 2. The van der Waals surface area contributed by atoms with Gasteiger partial charge in [-0.3, -0.25) is 4.79 Å². The molecule has 2 fully saturated rings. The van der Waals surface area contributed by atoms with Crippen LogP contribution in [0.5, 0.6) is 0 Å². The van der Waals surface area contributed by atoms with E-state index in [1.807, 2.05) is 0 Å². The maximum absolute atomic E-state index is 12.5. The van der Waals surface area contributed by atoms with Gasteiger partial charge in [-0.25, -0.2) is 0 Å². The van der Waals surface area contributed by atoms with Crippen LogP contribution in [0.25, 0.3) is 0 Å². The molecule has 0 aromatic heterocycles. The van der Waals surface area contributed by atoms with Crippen molar-refractivity contribution in [2.45, 2.75) is 71.0 Å². The minimum atomic E-state index is 0.0755. The first-order valence-electron chi connectivity index (χ1n) is 7.16. The highest BCUT2D eigenvalue weighted by molar-refractivity contribution is 5.82. The molecule has 4 unspecified atom stereocenters. The van der Waals surface area contributed by atoms with E-state index >= 15 is 0 Å². The van der Waals surface area contributed by atoms with Crippen LogP contribution < -0.4 is 5.32 Å². The summed E-state index contributed by atoms with van der Waals surface area (Å²) in [7, 11) is 0. The summed E-state index contributed by atoms with van der Waals surface area (Å²) < 4.78 is 0. The molecule has 1 N–H and O–H groups in total. The van der Waals surface area contributed by atoms with Gasteiger partial charge in [0, 0.05) is 18.6 Å². The van der Waals surface area contributed by atoms with Crippen molar-refractivity contribution < 1.29 is 4.79 Å². The van der Waals surface area contributed by atoms with Crippen molar-refractivity contribution in [3.63, 3.8) is 0 Å². The average Bonchev–Trinajstić information content (AvgIpc) is 2.32. The first-order valence-corrected chi connectivity index (χ1v) is 7.16. The summed E-state index contributed by atoms with van der Waals surface area (Å²) >= 11 is 0. The lowest BCUT2D eigenvalue weighted by Gasteiger charge is -2.41. The molecule has 0 radical (unpaired) electrons. The number of rotatable bonds is 1. The van der Waals surface area contributed by atoms with Crippen molar-refractivity contribution in [1.29, 1.82) is 0 Å². The molecule has 0 aromatic carbocycles. The Morgan fingerprint density at radius 3 is 2.59 bits per heavy atom. The molecule has 0 aliphatic carbocycles. The van der Waals surface area contributed by atoms with E-state index in [4.69, 9.17) is 0 Å². The minimum absolute atomic E-state index is 0.0755. The number of carbonyl (C=O) groups is 1. The maximum atomic E-state index is 12.5. The first-order chi connectivity index (χ1) is 8.09. The summed E-state index contributed by atoms with van der Waals surface area (Å²) in [6.07, 6.45) is 5.83. The summed E-state index contributed by atoms with van der Waals surface area (Å²) in [5.74, 6) is 0.990. The molecular weight excluding hydrogens is 212 g/mol. The summed E-state index contributed by atoms with van der Waals surface area (Å²) in [4.78, 5) is 14.6. The van der Waals surface area contributed by atoms with Crippen molar-refractivity contribution in [1.82, 2.24) is 10.2 Å². The van der Waals surface area contributed by atoms with E-state index in [2.05, 4.69) is 31.0 Å². The van der Waals surface area contributed by atoms with Gasteiger partial charge in [0.1, 0.15) is 0 Å². The van der Waals surface area contributed by atoms with Crippen molar-refractivity contribution in [2.24, 2.45) is 5.92 Å². The summed E-state index contributed by atoms with van der Waals surface area (Å²) in [6, 6.07) is 0.983. The molecule has 0 spiro atoms. The lowest BCUT2D eigenvalue weighted by Crippen LogP contribution is -2.56. The zero-order valence-corrected chi connectivity index (χ0v) is 11.4. The monoisotopic (exact) mass is 238 g/mol. The van der Waals surface area contributed by atoms with E-state index in [-0.39, 0.29) is 6.04 Å². The number of nitrogens with one attached hydrogen (secondary N) is 1. The highest BCUT2D eigenvalue weighted by Gasteiger charge is 2.33. The Labute approximate surface area is 105 Å². The fraction of sp³-hybridized carbons (Fsp3) is 0.929. The normalized spacial score (nSPS) is 39.1. The highest BCUT2D eigenvalue weighted by Crippen LogP contribution is 2.25. The molecule has 2 aliphatic heterocycles. The predicted octanol–water partition coefficient (Wildman–Crippen LogP) is 2.16. The zero-order chi connectivity index (χ0) is 12.4. The van der Waals surface area contributed by atoms with Gasteiger partial charge in [-0.2, -0.15) is 0 Å². The Bertz CT molecular complexity index is 279. The molecule has 17 heavy (non-hydrogen) atoms. The molecule has 98 valence electrons. The van der Waals surface area contributed by atoms with E-state index in [0.29, 0.717) is 23.9 Å². The third-order valence-corrected chi connectivity index (χ3v) is 4.57. The molecule has 3 nitrogen and oxygen atoms in total. The lowest BCUT2D eigenvalue weighted by molar-refractivity contribution is -0.139. The van der Waals surface area contributed by atoms with Crippen LogP contribution in [0.4, 0.5) is 0 Å². The fourth-order valence-corrected chi connectivity index (χ4v) is 3.18. The Hall–Kier alpha value is -0.570. The Balaban J connectivity index is 1.98. The van der Waals surface area contributed by atoms with Gasteiger partial charge in [-0.1, -0.05) is 6.92 Å². The minimum Gasteiger partial charge on any atom is -0.338 e. The third-order valence-electron chi connectivity index (χ3n) is 4.57. The highest BCUT2D eigenvalue weighted by atomic mass is 16.2. The van der Waals surface area contributed by atoms with Gasteiger partial charge in [0.2, 0.25) is 5.91 Å². The SMILES string of the molecule is CC1CCCC(C(=O)N2CCCC(C)C2C)N1. The van der Waals surface area contributed by atoms with Gasteiger partial charge in [0.25, 0.3) is 0 Å². The quantitative estimate of drug-likeness (QED) is 0.759. The summed E-state index contributed by atoms with van der Waals surface area (Å²) in [5.41, 5.74) is 0. The second-order valence-electron chi connectivity index (χ2n) is 5.94. The van der Waals surface area contributed by atoms with Crippen LogP contribution in [0.2, 0.25) is 0 Å². The van der Waals surface area contributed by atoms with Crippen molar-refractivity contribution in [2.75, 3.05) is 6.54 Å². The first kappa shape index (κ1) is 12.9. The predicted molar refractivity (Wildman–Crippen MR) is 69.8 cm³/mol. The number of carbonyl (C=O) groups excluding carboxylic acids is 1. The molecule has 0 saturated carbocycles. The fourth-order valence-electron chi connectivity index (χ4n) is 3.18. The van der Waals surface area contributed by atoms with Crippen LogP contribution in [0.1, 0.15) is 52.9 Å². The van der Waals surface area contributed by atoms with Crippen LogP contribution in [-0.4, -0.2) is 35.5 Å². The van der Waals surface area contributed by atoms with Crippen LogP contribution in [0.3, 0.4) is 0 Å². The Morgan fingerprint density at radius 1 is 1.12 bits per heavy atom. The van der Waals surface area contributed by atoms with Gasteiger partial charge in [0.05, 0.1) is 6.04 Å². The summed E-state index contributed by atoms with van der Waals surface area (Å²) in [6.45, 7) is 7.60. The second kappa shape index (κ2) is 5.38. The Kier molecular flexibility index (Phi) is 4.08. The molecule has 2 heterocycles. The van der Waals surface area contributed by atoms with Gasteiger partial charge in [0.15, 0.2) is 0 Å².